The molecule has 3 aliphatic rings. The number of hydrogen-bond acceptors (Lipinski definition) is 5. The van der Waals surface area contributed by atoms with Crippen molar-refractivity contribution in [1.82, 2.24) is 14.7 Å². The van der Waals surface area contributed by atoms with Crippen LogP contribution in [0.4, 0.5) is 0 Å². The minimum absolute atomic E-state index is 0.0610. The number of carbonyl (C=O) groups excluding carboxylic acids is 2. The van der Waals surface area contributed by atoms with E-state index >= 15 is 0 Å². The maximum absolute atomic E-state index is 13.0. The second-order valence-electron chi connectivity index (χ2n) is 7.42. The Morgan fingerprint density at radius 1 is 1.23 bits per heavy atom. The molecule has 3 saturated heterocycles. The molecule has 3 heterocycles. The van der Waals surface area contributed by atoms with E-state index in [1.165, 1.54) is 13.2 Å². The van der Waals surface area contributed by atoms with Gasteiger partial charge in [-0.25, -0.2) is 0 Å². The molecule has 2 bridgehead atoms. The van der Waals surface area contributed by atoms with Gasteiger partial charge in [0.05, 0.1) is 19.2 Å². The maximum atomic E-state index is 13.0. The third kappa shape index (κ3) is 3.77. The number of likely N-dealkylation sites (N-methyl/N-ethyl adjacent to an activating group) is 1. The van der Waals surface area contributed by atoms with Crippen LogP contribution in [0.1, 0.15) is 23.2 Å². The summed E-state index contributed by atoms with van der Waals surface area (Å²) in [4.78, 5) is 30.7. The van der Waals surface area contributed by atoms with Gasteiger partial charge in [0.1, 0.15) is 11.5 Å². The molecule has 3 aliphatic heterocycles. The Hall–Kier alpha value is -2.28. The van der Waals surface area contributed by atoms with Crippen LogP contribution in [0, 0.1) is 5.92 Å². The molecule has 1 aromatic carbocycles. The van der Waals surface area contributed by atoms with E-state index in [0.29, 0.717) is 36.9 Å². The van der Waals surface area contributed by atoms with E-state index in [9.17, 15) is 14.7 Å². The molecule has 2 atom stereocenters. The molecule has 7 nitrogen and oxygen atoms in total. The largest absolute Gasteiger partial charge is 0.507 e. The minimum Gasteiger partial charge on any atom is -0.507 e. The lowest BCUT2D eigenvalue weighted by molar-refractivity contribution is -0.129. The van der Waals surface area contributed by atoms with Gasteiger partial charge in [-0.1, -0.05) is 0 Å². The molecule has 2 amide bonds. The van der Waals surface area contributed by atoms with Gasteiger partial charge in [0.2, 0.25) is 5.91 Å². The summed E-state index contributed by atoms with van der Waals surface area (Å²) in [5.74, 6) is 0.740. The van der Waals surface area contributed by atoms with Crippen molar-refractivity contribution in [2.45, 2.75) is 18.9 Å². The Labute approximate surface area is 154 Å². The van der Waals surface area contributed by atoms with Gasteiger partial charge in [-0.2, -0.15) is 0 Å². The molecule has 0 aliphatic carbocycles. The van der Waals surface area contributed by atoms with E-state index in [2.05, 4.69) is 4.90 Å². The van der Waals surface area contributed by atoms with E-state index in [4.69, 9.17) is 4.74 Å². The highest BCUT2D eigenvalue weighted by atomic mass is 16.5. The van der Waals surface area contributed by atoms with Crippen LogP contribution < -0.4 is 4.74 Å². The fraction of sp³-hybridized carbons (Fsp3) is 0.579. The number of phenols is 1. The SMILES string of the molecule is COc1ccc(C(=O)N2C[C@@H]3CC[C@H]2CN(CC(=O)N(C)C)C3)c(O)c1. The summed E-state index contributed by atoms with van der Waals surface area (Å²) >= 11 is 0. The lowest BCUT2D eigenvalue weighted by atomic mass is 9.94. The van der Waals surface area contributed by atoms with Crippen LogP contribution in [-0.4, -0.2) is 85.0 Å². The number of hydrogen-bond donors (Lipinski definition) is 1. The van der Waals surface area contributed by atoms with E-state index in [1.54, 1.807) is 31.1 Å². The highest BCUT2D eigenvalue weighted by Gasteiger charge is 2.38. The van der Waals surface area contributed by atoms with Gasteiger partial charge in [-0.05, 0) is 30.9 Å². The van der Waals surface area contributed by atoms with Crippen LogP contribution in [0.25, 0.3) is 0 Å². The van der Waals surface area contributed by atoms with Crippen molar-refractivity contribution in [2.75, 3.05) is 47.4 Å². The number of ether oxygens (including phenoxy) is 1. The molecule has 0 spiro atoms. The average molecular weight is 361 g/mol. The molecule has 0 unspecified atom stereocenters. The Morgan fingerprint density at radius 2 is 2.00 bits per heavy atom. The summed E-state index contributed by atoms with van der Waals surface area (Å²) in [6, 6.07) is 4.83. The standard InChI is InChI=1S/C19H27N3O4/c1-20(2)18(24)12-21-9-13-4-5-14(11-21)22(10-13)19(25)16-7-6-15(26-3)8-17(16)23/h6-8,13-14,23H,4-5,9-12H2,1-3H3/t13-,14+/m1/s1. The second-order valence-corrected chi connectivity index (χ2v) is 7.42. The molecule has 142 valence electrons. The summed E-state index contributed by atoms with van der Waals surface area (Å²) in [5.41, 5.74) is 0.300. The van der Waals surface area contributed by atoms with Crippen molar-refractivity contribution in [2.24, 2.45) is 5.92 Å². The lowest BCUT2D eigenvalue weighted by Crippen LogP contribution is -2.47. The molecule has 1 N–H and O–H groups in total. The minimum atomic E-state index is -0.152. The number of benzene rings is 1. The first-order chi connectivity index (χ1) is 12.4. The maximum Gasteiger partial charge on any atom is 0.257 e. The molecule has 0 saturated carbocycles. The quantitative estimate of drug-likeness (QED) is 0.867. The van der Waals surface area contributed by atoms with Crippen molar-refractivity contribution in [3.8, 4) is 11.5 Å². The molecule has 4 rings (SSSR count). The smallest absolute Gasteiger partial charge is 0.257 e. The first-order valence-electron chi connectivity index (χ1n) is 8.99. The highest BCUT2D eigenvalue weighted by Crippen LogP contribution is 2.31. The zero-order valence-electron chi connectivity index (χ0n) is 15.6. The van der Waals surface area contributed by atoms with E-state index in [0.717, 1.165) is 19.4 Å². The number of fused-ring (bicyclic) bond motifs is 4. The fourth-order valence-electron chi connectivity index (χ4n) is 3.86. The van der Waals surface area contributed by atoms with Crippen molar-refractivity contribution < 1.29 is 19.4 Å². The van der Waals surface area contributed by atoms with Crippen molar-refractivity contribution in [3.63, 3.8) is 0 Å². The number of phenolic OH excluding ortho intramolecular Hbond substituents is 1. The van der Waals surface area contributed by atoms with Crippen molar-refractivity contribution >= 4 is 11.8 Å². The zero-order valence-corrected chi connectivity index (χ0v) is 15.6. The third-order valence-electron chi connectivity index (χ3n) is 5.34. The van der Waals surface area contributed by atoms with Gasteiger partial charge in [0.25, 0.3) is 5.91 Å². The molecular formula is C19H27N3O4. The van der Waals surface area contributed by atoms with Gasteiger partial charge in [-0.3, -0.25) is 14.5 Å². The number of aromatic hydroxyl groups is 1. The summed E-state index contributed by atoms with van der Waals surface area (Å²) in [7, 11) is 5.04. The first-order valence-corrected chi connectivity index (χ1v) is 8.99. The Kier molecular flexibility index (Phi) is 5.36. The summed E-state index contributed by atoms with van der Waals surface area (Å²) in [6.07, 6.45) is 2.00. The molecule has 3 fully saturated rings. The molecule has 7 heteroatoms. The molecule has 0 radical (unpaired) electrons. The predicted molar refractivity (Wildman–Crippen MR) is 97.3 cm³/mol. The summed E-state index contributed by atoms with van der Waals surface area (Å²) in [5, 5.41) is 10.2. The van der Waals surface area contributed by atoms with Gasteiger partial charge < -0.3 is 19.6 Å². The number of methoxy groups -OCH3 is 1. The summed E-state index contributed by atoms with van der Waals surface area (Å²) < 4.78 is 5.09. The second kappa shape index (κ2) is 7.53. The Balaban J connectivity index is 1.75. The first kappa shape index (κ1) is 18.5. The molecule has 26 heavy (non-hydrogen) atoms. The Morgan fingerprint density at radius 3 is 2.65 bits per heavy atom. The van der Waals surface area contributed by atoms with E-state index < -0.39 is 0 Å². The number of nitrogens with zero attached hydrogens (tertiary/aromatic N) is 3. The molecule has 1 aromatic rings. The van der Waals surface area contributed by atoms with Gasteiger partial charge >= 0.3 is 0 Å². The number of rotatable bonds is 4. The van der Waals surface area contributed by atoms with Crippen LogP contribution in [-0.2, 0) is 4.79 Å². The van der Waals surface area contributed by atoms with E-state index in [-0.39, 0.29) is 23.6 Å². The normalized spacial score (nSPS) is 22.8. The molecular weight excluding hydrogens is 334 g/mol. The number of amides is 2. The van der Waals surface area contributed by atoms with Gasteiger partial charge in [0.15, 0.2) is 0 Å². The predicted octanol–water partition coefficient (Wildman–Crippen LogP) is 1.03. The molecule has 0 aromatic heterocycles. The van der Waals surface area contributed by atoms with Gasteiger partial charge in [0, 0.05) is 45.8 Å². The van der Waals surface area contributed by atoms with Crippen LogP contribution in [0.3, 0.4) is 0 Å². The Bertz CT molecular complexity index is 691. The average Bonchev–Trinajstić information content (AvgIpc) is 2.91. The van der Waals surface area contributed by atoms with E-state index in [1.807, 2.05) is 4.90 Å². The highest BCUT2D eigenvalue weighted by molar-refractivity contribution is 5.97. The summed E-state index contributed by atoms with van der Waals surface area (Å²) in [6.45, 7) is 2.57. The number of carbonyl (C=O) groups is 2. The number of piperidine rings is 1. The zero-order chi connectivity index (χ0) is 18.8. The monoisotopic (exact) mass is 361 g/mol. The topological polar surface area (TPSA) is 73.3 Å². The third-order valence-corrected chi connectivity index (χ3v) is 5.34. The van der Waals surface area contributed by atoms with Gasteiger partial charge in [-0.15, -0.1) is 0 Å². The lowest BCUT2D eigenvalue weighted by Gasteiger charge is -2.36. The van der Waals surface area contributed by atoms with Crippen molar-refractivity contribution in [1.29, 1.82) is 0 Å². The van der Waals surface area contributed by atoms with Crippen LogP contribution in [0.2, 0.25) is 0 Å². The van der Waals surface area contributed by atoms with Crippen LogP contribution in [0.5, 0.6) is 11.5 Å². The van der Waals surface area contributed by atoms with Crippen LogP contribution in [0.15, 0.2) is 18.2 Å². The van der Waals surface area contributed by atoms with Crippen LogP contribution >= 0.6 is 0 Å². The van der Waals surface area contributed by atoms with Crippen molar-refractivity contribution in [3.05, 3.63) is 23.8 Å². The fourth-order valence-corrected chi connectivity index (χ4v) is 3.86.